The second kappa shape index (κ2) is 4.27. The van der Waals surface area contributed by atoms with Gasteiger partial charge in [0.05, 0.1) is 11.6 Å². The van der Waals surface area contributed by atoms with Gasteiger partial charge in [-0.2, -0.15) is 15.1 Å². The predicted octanol–water partition coefficient (Wildman–Crippen LogP) is 2.76. The van der Waals surface area contributed by atoms with E-state index in [4.69, 9.17) is 11.6 Å². The van der Waals surface area contributed by atoms with Gasteiger partial charge in [0.1, 0.15) is 5.82 Å². The number of para-hydroxylation sites is 1. The van der Waals surface area contributed by atoms with E-state index in [1.165, 1.54) is 0 Å². The quantitative estimate of drug-likeness (QED) is 0.719. The molecule has 0 amide bonds. The van der Waals surface area contributed by atoms with Crippen molar-refractivity contribution < 1.29 is 0 Å². The van der Waals surface area contributed by atoms with E-state index >= 15 is 0 Å². The fourth-order valence-electron chi connectivity index (χ4n) is 1.75. The Labute approximate surface area is 108 Å². The fourth-order valence-corrected chi connectivity index (χ4v) is 1.91. The fraction of sp³-hybridized carbons (Fsp3) is 0.0833. The molecule has 6 heteroatoms. The van der Waals surface area contributed by atoms with E-state index in [9.17, 15) is 0 Å². The SMILES string of the molecule is Cn1ncc2c(Nc3ccccc3)nc(Cl)nc21. The van der Waals surface area contributed by atoms with Crippen LogP contribution in [-0.4, -0.2) is 19.7 Å². The predicted molar refractivity (Wildman–Crippen MR) is 71.0 cm³/mol. The van der Waals surface area contributed by atoms with E-state index < -0.39 is 0 Å². The minimum absolute atomic E-state index is 0.199. The van der Waals surface area contributed by atoms with Gasteiger partial charge in [0.2, 0.25) is 5.28 Å². The zero-order valence-electron chi connectivity index (χ0n) is 9.63. The van der Waals surface area contributed by atoms with E-state index in [1.807, 2.05) is 37.4 Å². The number of aromatic nitrogens is 4. The number of anilines is 2. The lowest BCUT2D eigenvalue weighted by Crippen LogP contribution is -1.98. The maximum Gasteiger partial charge on any atom is 0.226 e. The Bertz CT molecular complexity index is 692. The Hall–Kier alpha value is -2.14. The first-order chi connectivity index (χ1) is 8.74. The van der Waals surface area contributed by atoms with E-state index in [1.54, 1.807) is 10.9 Å². The molecule has 0 fully saturated rings. The smallest absolute Gasteiger partial charge is 0.226 e. The lowest BCUT2D eigenvalue weighted by Gasteiger charge is -2.06. The van der Waals surface area contributed by atoms with Crippen molar-refractivity contribution in [3.05, 3.63) is 41.8 Å². The number of rotatable bonds is 2. The summed E-state index contributed by atoms with van der Waals surface area (Å²) in [6.07, 6.45) is 1.72. The average Bonchev–Trinajstić information content (AvgIpc) is 2.73. The van der Waals surface area contributed by atoms with Gasteiger partial charge in [0, 0.05) is 12.7 Å². The molecule has 0 spiro atoms. The van der Waals surface area contributed by atoms with E-state index in [0.717, 1.165) is 11.1 Å². The van der Waals surface area contributed by atoms with Crippen LogP contribution in [0.2, 0.25) is 5.28 Å². The molecule has 0 aliphatic rings. The first-order valence-corrected chi connectivity index (χ1v) is 5.79. The Morgan fingerprint density at radius 3 is 2.72 bits per heavy atom. The number of nitrogens with one attached hydrogen (secondary N) is 1. The zero-order valence-corrected chi connectivity index (χ0v) is 10.4. The van der Waals surface area contributed by atoms with Crippen LogP contribution in [0.25, 0.3) is 11.0 Å². The molecule has 5 nitrogen and oxygen atoms in total. The van der Waals surface area contributed by atoms with Crippen molar-refractivity contribution in [3.8, 4) is 0 Å². The van der Waals surface area contributed by atoms with Crippen molar-refractivity contribution in [2.45, 2.75) is 0 Å². The van der Waals surface area contributed by atoms with Crippen LogP contribution in [0.4, 0.5) is 11.5 Å². The van der Waals surface area contributed by atoms with Crippen LogP contribution < -0.4 is 5.32 Å². The number of hydrogen-bond donors (Lipinski definition) is 1. The van der Waals surface area contributed by atoms with Gasteiger partial charge in [-0.3, -0.25) is 4.68 Å². The molecular formula is C12H10ClN5. The van der Waals surface area contributed by atoms with Crippen molar-refractivity contribution in [2.75, 3.05) is 5.32 Å². The van der Waals surface area contributed by atoms with Gasteiger partial charge in [-0.25, -0.2) is 0 Å². The summed E-state index contributed by atoms with van der Waals surface area (Å²) in [5, 5.41) is 8.40. The largest absolute Gasteiger partial charge is 0.339 e. The molecule has 0 aliphatic heterocycles. The van der Waals surface area contributed by atoms with Crippen LogP contribution in [0.5, 0.6) is 0 Å². The summed E-state index contributed by atoms with van der Waals surface area (Å²) in [6, 6.07) is 9.77. The van der Waals surface area contributed by atoms with Gasteiger partial charge in [-0.1, -0.05) is 18.2 Å². The highest BCUT2D eigenvalue weighted by Crippen LogP contribution is 2.24. The van der Waals surface area contributed by atoms with Crippen LogP contribution >= 0.6 is 11.6 Å². The van der Waals surface area contributed by atoms with Crippen LogP contribution in [0, 0.1) is 0 Å². The number of fused-ring (bicyclic) bond motifs is 1. The summed E-state index contributed by atoms with van der Waals surface area (Å²) < 4.78 is 1.67. The van der Waals surface area contributed by atoms with Crippen molar-refractivity contribution in [3.63, 3.8) is 0 Å². The number of nitrogens with zero attached hydrogens (tertiary/aromatic N) is 4. The summed E-state index contributed by atoms with van der Waals surface area (Å²) in [5.41, 5.74) is 1.64. The summed E-state index contributed by atoms with van der Waals surface area (Å²) in [6.45, 7) is 0. The molecule has 0 bridgehead atoms. The van der Waals surface area contributed by atoms with Gasteiger partial charge in [0.25, 0.3) is 0 Å². The molecule has 0 saturated carbocycles. The topological polar surface area (TPSA) is 55.6 Å². The number of hydrogen-bond acceptors (Lipinski definition) is 4. The summed E-state index contributed by atoms with van der Waals surface area (Å²) in [5.74, 6) is 0.657. The van der Waals surface area contributed by atoms with Crippen molar-refractivity contribution in [1.82, 2.24) is 19.7 Å². The van der Waals surface area contributed by atoms with Gasteiger partial charge in [-0.05, 0) is 23.7 Å². The minimum atomic E-state index is 0.199. The van der Waals surface area contributed by atoms with E-state index in [-0.39, 0.29) is 5.28 Å². The van der Waals surface area contributed by atoms with Crippen LogP contribution in [0.15, 0.2) is 36.5 Å². The Morgan fingerprint density at radius 1 is 1.17 bits per heavy atom. The minimum Gasteiger partial charge on any atom is -0.339 e. The lowest BCUT2D eigenvalue weighted by molar-refractivity contribution is 0.785. The average molecular weight is 260 g/mol. The molecule has 0 radical (unpaired) electrons. The molecule has 1 N–H and O–H groups in total. The van der Waals surface area contributed by atoms with Crippen molar-refractivity contribution in [1.29, 1.82) is 0 Å². The van der Waals surface area contributed by atoms with Crippen LogP contribution in [0.1, 0.15) is 0 Å². The molecule has 18 heavy (non-hydrogen) atoms. The molecule has 0 aliphatic carbocycles. The Kier molecular flexibility index (Phi) is 2.60. The second-order valence-electron chi connectivity index (χ2n) is 3.84. The zero-order chi connectivity index (χ0) is 12.5. The number of aryl methyl sites for hydroxylation is 1. The highest BCUT2D eigenvalue weighted by molar-refractivity contribution is 6.28. The molecule has 0 unspecified atom stereocenters. The van der Waals surface area contributed by atoms with Crippen LogP contribution in [0.3, 0.4) is 0 Å². The summed E-state index contributed by atoms with van der Waals surface area (Å²) >= 11 is 5.92. The van der Waals surface area contributed by atoms with Gasteiger partial charge >= 0.3 is 0 Å². The molecule has 3 rings (SSSR count). The number of benzene rings is 1. The molecule has 0 saturated heterocycles. The van der Waals surface area contributed by atoms with Gasteiger partial charge in [-0.15, -0.1) is 0 Å². The standard InChI is InChI=1S/C12H10ClN5/c1-18-11-9(7-14-18)10(16-12(13)17-11)15-8-5-3-2-4-6-8/h2-7H,1H3,(H,15,16,17). The molecule has 0 atom stereocenters. The maximum atomic E-state index is 5.92. The molecule has 2 aromatic heterocycles. The highest BCUT2D eigenvalue weighted by Gasteiger charge is 2.10. The summed E-state index contributed by atoms with van der Waals surface area (Å²) in [4.78, 5) is 8.35. The van der Waals surface area contributed by atoms with Crippen molar-refractivity contribution >= 4 is 34.1 Å². The third-order valence-electron chi connectivity index (χ3n) is 2.60. The monoisotopic (exact) mass is 259 g/mol. The molecule has 90 valence electrons. The molecule has 1 aromatic carbocycles. The van der Waals surface area contributed by atoms with Crippen molar-refractivity contribution in [2.24, 2.45) is 7.05 Å². The maximum absolute atomic E-state index is 5.92. The van der Waals surface area contributed by atoms with Crippen LogP contribution in [-0.2, 0) is 7.05 Å². The third-order valence-corrected chi connectivity index (χ3v) is 2.77. The number of halogens is 1. The lowest BCUT2D eigenvalue weighted by atomic mass is 10.3. The highest BCUT2D eigenvalue weighted by atomic mass is 35.5. The molecule has 3 aromatic rings. The Morgan fingerprint density at radius 2 is 1.94 bits per heavy atom. The first-order valence-electron chi connectivity index (χ1n) is 5.41. The van der Waals surface area contributed by atoms with E-state index in [2.05, 4.69) is 20.4 Å². The summed E-state index contributed by atoms with van der Waals surface area (Å²) in [7, 11) is 1.82. The molecular weight excluding hydrogens is 250 g/mol. The van der Waals surface area contributed by atoms with E-state index in [0.29, 0.717) is 11.5 Å². The molecule has 2 heterocycles. The van der Waals surface area contributed by atoms with Gasteiger partial charge in [0.15, 0.2) is 5.65 Å². The first kappa shape index (κ1) is 11.0. The normalized spacial score (nSPS) is 10.8. The third kappa shape index (κ3) is 1.89. The Balaban J connectivity index is 2.11. The second-order valence-corrected chi connectivity index (χ2v) is 4.18. The van der Waals surface area contributed by atoms with Gasteiger partial charge < -0.3 is 5.32 Å².